The molecule has 1 aliphatic heterocycles. The largest absolute Gasteiger partial charge is 0.379 e. The van der Waals surface area contributed by atoms with Gasteiger partial charge in [-0.2, -0.15) is 0 Å². The van der Waals surface area contributed by atoms with E-state index in [0.717, 1.165) is 57.8 Å². The number of nitrogens with one attached hydrogen (secondary N) is 2. The molecule has 0 spiro atoms. The first-order valence-corrected chi connectivity index (χ1v) is 9.52. The van der Waals surface area contributed by atoms with Gasteiger partial charge in [-0.25, -0.2) is 0 Å². The molecule has 2 rings (SSSR count). The maximum absolute atomic E-state index is 5.41. The van der Waals surface area contributed by atoms with Crippen LogP contribution in [0.3, 0.4) is 0 Å². The van der Waals surface area contributed by atoms with E-state index >= 15 is 0 Å². The van der Waals surface area contributed by atoms with Crippen LogP contribution in [0.2, 0.25) is 0 Å². The first-order valence-electron chi connectivity index (χ1n) is 9.52. The Balaban J connectivity index is 0.00000288. The highest BCUT2D eigenvalue weighted by Gasteiger charge is 2.19. The molecule has 0 radical (unpaired) electrons. The lowest BCUT2D eigenvalue weighted by Gasteiger charge is -2.29. The lowest BCUT2D eigenvalue weighted by Crippen LogP contribution is -2.45. The van der Waals surface area contributed by atoms with Crippen molar-refractivity contribution in [3.63, 3.8) is 0 Å². The molecule has 1 unspecified atom stereocenters. The fourth-order valence-electron chi connectivity index (χ4n) is 3.45. The number of halogens is 1. The molecular weight excluding hydrogens is 415 g/mol. The average Bonchev–Trinajstić information content (AvgIpc) is 2.56. The standard InChI is InChI=1S/C18H36N4O.HI/c1-4-19-18(21-17-7-5-15(2)6-8-17)20-13-16(3)14-22-9-11-23-12-10-22;/h15-17H,4-14H2,1-3H3,(H2,19,20,21);1H. The Morgan fingerprint density at radius 3 is 2.50 bits per heavy atom. The van der Waals surface area contributed by atoms with Crippen LogP contribution in [0.25, 0.3) is 0 Å². The zero-order chi connectivity index (χ0) is 16.5. The second kappa shape index (κ2) is 12.3. The molecule has 0 bridgehead atoms. The fraction of sp³-hybridized carbons (Fsp3) is 0.944. The molecule has 0 aromatic carbocycles. The van der Waals surface area contributed by atoms with Gasteiger partial charge >= 0.3 is 0 Å². The Morgan fingerprint density at radius 1 is 1.21 bits per heavy atom. The predicted octanol–water partition coefficient (Wildman–Crippen LogP) is 2.71. The van der Waals surface area contributed by atoms with E-state index in [-0.39, 0.29) is 24.0 Å². The van der Waals surface area contributed by atoms with Crippen LogP contribution >= 0.6 is 24.0 Å². The average molecular weight is 452 g/mol. The van der Waals surface area contributed by atoms with Crippen molar-refractivity contribution >= 4 is 29.9 Å². The maximum atomic E-state index is 5.41. The number of aliphatic imine (C=N–C) groups is 1. The number of nitrogens with zero attached hydrogens (tertiary/aromatic N) is 2. The van der Waals surface area contributed by atoms with Crippen LogP contribution in [-0.2, 0) is 4.74 Å². The summed E-state index contributed by atoms with van der Waals surface area (Å²) in [5, 5.41) is 7.05. The van der Waals surface area contributed by atoms with Gasteiger partial charge in [-0.3, -0.25) is 9.89 Å². The van der Waals surface area contributed by atoms with Crippen molar-refractivity contribution in [2.45, 2.75) is 52.5 Å². The van der Waals surface area contributed by atoms with E-state index in [1.165, 1.54) is 25.7 Å². The van der Waals surface area contributed by atoms with Crippen LogP contribution in [0, 0.1) is 11.8 Å². The number of morpholine rings is 1. The second-order valence-corrected chi connectivity index (χ2v) is 7.34. The zero-order valence-electron chi connectivity index (χ0n) is 15.7. The van der Waals surface area contributed by atoms with Gasteiger partial charge in [-0.15, -0.1) is 24.0 Å². The van der Waals surface area contributed by atoms with Gasteiger partial charge in [0.25, 0.3) is 0 Å². The molecule has 0 aromatic heterocycles. The molecular formula is C18H37IN4O. The lowest BCUT2D eigenvalue weighted by molar-refractivity contribution is 0.0323. The predicted molar refractivity (Wildman–Crippen MR) is 112 cm³/mol. The summed E-state index contributed by atoms with van der Waals surface area (Å²) in [6.45, 7) is 13.6. The van der Waals surface area contributed by atoms with Gasteiger partial charge in [0.1, 0.15) is 0 Å². The molecule has 1 saturated carbocycles. The summed E-state index contributed by atoms with van der Waals surface area (Å²) in [5.74, 6) is 2.47. The van der Waals surface area contributed by atoms with Crippen LogP contribution in [0.15, 0.2) is 4.99 Å². The molecule has 142 valence electrons. The topological polar surface area (TPSA) is 48.9 Å². The van der Waals surface area contributed by atoms with E-state index in [1.807, 2.05) is 0 Å². The maximum Gasteiger partial charge on any atom is 0.191 e. The Hall–Kier alpha value is -0.0800. The van der Waals surface area contributed by atoms with E-state index in [0.29, 0.717) is 12.0 Å². The van der Waals surface area contributed by atoms with Crippen molar-refractivity contribution in [3.8, 4) is 0 Å². The Labute approximate surface area is 165 Å². The summed E-state index contributed by atoms with van der Waals surface area (Å²) in [4.78, 5) is 7.32. The van der Waals surface area contributed by atoms with E-state index in [1.54, 1.807) is 0 Å². The Morgan fingerprint density at radius 2 is 1.88 bits per heavy atom. The molecule has 2 aliphatic rings. The van der Waals surface area contributed by atoms with Gasteiger partial charge in [0.15, 0.2) is 5.96 Å². The smallest absolute Gasteiger partial charge is 0.191 e. The molecule has 2 N–H and O–H groups in total. The minimum atomic E-state index is 0. The van der Waals surface area contributed by atoms with Gasteiger partial charge in [0, 0.05) is 38.8 Å². The summed E-state index contributed by atoms with van der Waals surface area (Å²) in [5.41, 5.74) is 0. The van der Waals surface area contributed by atoms with Crippen molar-refractivity contribution in [1.29, 1.82) is 0 Å². The summed E-state index contributed by atoms with van der Waals surface area (Å²) >= 11 is 0. The molecule has 5 nitrogen and oxygen atoms in total. The molecule has 2 fully saturated rings. The Kier molecular flexibility index (Phi) is 11.3. The highest BCUT2D eigenvalue weighted by molar-refractivity contribution is 14.0. The number of guanidine groups is 1. The zero-order valence-corrected chi connectivity index (χ0v) is 18.1. The van der Waals surface area contributed by atoms with Gasteiger partial charge < -0.3 is 15.4 Å². The lowest BCUT2D eigenvalue weighted by atomic mass is 9.87. The van der Waals surface area contributed by atoms with E-state index in [9.17, 15) is 0 Å². The second-order valence-electron chi connectivity index (χ2n) is 7.34. The highest BCUT2D eigenvalue weighted by atomic mass is 127. The first kappa shape index (κ1) is 22.0. The number of rotatable bonds is 6. The minimum Gasteiger partial charge on any atom is -0.379 e. The van der Waals surface area contributed by atoms with E-state index < -0.39 is 0 Å². The summed E-state index contributed by atoms with van der Waals surface area (Å²) in [6, 6.07) is 0.596. The summed E-state index contributed by atoms with van der Waals surface area (Å²) in [7, 11) is 0. The molecule has 0 aromatic rings. The SMILES string of the molecule is CCNC(=NCC(C)CN1CCOCC1)NC1CCC(C)CC1.I. The molecule has 1 atom stereocenters. The summed E-state index contributed by atoms with van der Waals surface area (Å²) in [6.07, 6.45) is 5.22. The summed E-state index contributed by atoms with van der Waals surface area (Å²) < 4.78 is 5.41. The van der Waals surface area contributed by atoms with Gasteiger partial charge in [0.2, 0.25) is 0 Å². The van der Waals surface area contributed by atoms with E-state index in [4.69, 9.17) is 9.73 Å². The molecule has 6 heteroatoms. The third-order valence-corrected chi connectivity index (χ3v) is 4.94. The van der Waals surface area contributed by atoms with Crippen LogP contribution in [0.5, 0.6) is 0 Å². The molecule has 1 heterocycles. The van der Waals surface area contributed by atoms with Crippen LogP contribution in [0.1, 0.15) is 46.5 Å². The van der Waals surface area contributed by atoms with E-state index in [2.05, 4.69) is 36.3 Å². The van der Waals surface area contributed by atoms with Crippen LogP contribution < -0.4 is 10.6 Å². The number of hydrogen-bond donors (Lipinski definition) is 2. The van der Waals surface area contributed by atoms with Crippen LogP contribution in [0.4, 0.5) is 0 Å². The van der Waals surface area contributed by atoms with Crippen LogP contribution in [-0.4, -0.2) is 62.8 Å². The van der Waals surface area contributed by atoms with Gasteiger partial charge in [0.05, 0.1) is 13.2 Å². The van der Waals surface area contributed by atoms with Crippen molar-refractivity contribution in [1.82, 2.24) is 15.5 Å². The van der Waals surface area contributed by atoms with Crippen molar-refractivity contribution in [3.05, 3.63) is 0 Å². The molecule has 24 heavy (non-hydrogen) atoms. The fourth-order valence-corrected chi connectivity index (χ4v) is 3.45. The molecule has 1 saturated heterocycles. The van der Waals surface area contributed by atoms with Crippen molar-refractivity contribution in [2.75, 3.05) is 45.9 Å². The monoisotopic (exact) mass is 452 g/mol. The molecule has 0 amide bonds. The normalized spacial score (nSPS) is 27.2. The Bertz CT molecular complexity index is 353. The number of ether oxygens (including phenoxy) is 1. The number of hydrogen-bond acceptors (Lipinski definition) is 3. The van der Waals surface area contributed by atoms with Crippen molar-refractivity contribution in [2.24, 2.45) is 16.8 Å². The minimum absolute atomic E-state index is 0. The first-order chi connectivity index (χ1) is 11.2. The quantitative estimate of drug-likeness (QED) is 0.370. The highest BCUT2D eigenvalue weighted by Crippen LogP contribution is 2.23. The third-order valence-electron chi connectivity index (χ3n) is 4.94. The molecule has 1 aliphatic carbocycles. The van der Waals surface area contributed by atoms with Gasteiger partial charge in [-0.1, -0.05) is 13.8 Å². The van der Waals surface area contributed by atoms with Gasteiger partial charge in [-0.05, 0) is 44.4 Å². The third kappa shape index (κ3) is 8.34. The van der Waals surface area contributed by atoms with Crippen molar-refractivity contribution < 1.29 is 4.74 Å².